The molecule has 0 saturated heterocycles. The summed E-state index contributed by atoms with van der Waals surface area (Å²) in [7, 11) is 0. The number of allylic oxidation sites excluding steroid dienone is 4. The molecule has 6 nitrogen and oxygen atoms in total. The molecule has 1 aliphatic carbocycles. The van der Waals surface area contributed by atoms with Gasteiger partial charge in [-0.25, -0.2) is 9.78 Å². The zero-order valence-corrected chi connectivity index (χ0v) is 10.3. The van der Waals surface area contributed by atoms with E-state index < -0.39 is 5.97 Å². The van der Waals surface area contributed by atoms with Gasteiger partial charge in [0.25, 0.3) is 0 Å². The number of anilines is 1. The number of hydrogen-bond donors (Lipinski definition) is 1. The molecule has 1 aliphatic rings. The SMILES string of the molecule is CCOC(=O)c1cnc2cc(C3=CC=C3)nn2c1N. The number of nitrogen functional groups attached to an aromatic ring is 1. The van der Waals surface area contributed by atoms with Crippen LogP contribution in [0.5, 0.6) is 0 Å². The van der Waals surface area contributed by atoms with Crippen LogP contribution in [-0.2, 0) is 4.74 Å². The minimum Gasteiger partial charge on any atom is -0.462 e. The Hall–Kier alpha value is -2.63. The molecule has 0 bridgehead atoms. The molecule has 0 atom stereocenters. The Morgan fingerprint density at radius 3 is 2.95 bits per heavy atom. The Morgan fingerprint density at radius 2 is 2.32 bits per heavy atom. The number of rotatable bonds is 3. The van der Waals surface area contributed by atoms with Gasteiger partial charge in [0.1, 0.15) is 11.4 Å². The topological polar surface area (TPSA) is 82.5 Å². The summed E-state index contributed by atoms with van der Waals surface area (Å²) in [6.07, 6.45) is 7.24. The molecule has 0 aliphatic heterocycles. The van der Waals surface area contributed by atoms with Gasteiger partial charge in [0.15, 0.2) is 5.65 Å². The van der Waals surface area contributed by atoms with Gasteiger partial charge in [0.2, 0.25) is 0 Å². The molecular weight excluding hydrogens is 244 g/mol. The highest BCUT2D eigenvalue weighted by atomic mass is 16.5. The summed E-state index contributed by atoms with van der Waals surface area (Å²) in [6, 6.07) is 1.82. The average Bonchev–Trinajstić information content (AvgIpc) is 2.71. The van der Waals surface area contributed by atoms with Crippen molar-refractivity contribution in [3.8, 4) is 0 Å². The van der Waals surface area contributed by atoms with Gasteiger partial charge in [-0.2, -0.15) is 9.61 Å². The summed E-state index contributed by atoms with van der Waals surface area (Å²) in [5.74, 6) is -0.257. The minimum absolute atomic E-state index is 0.224. The fourth-order valence-corrected chi connectivity index (χ4v) is 1.82. The Morgan fingerprint density at radius 1 is 1.53 bits per heavy atom. The van der Waals surface area contributed by atoms with E-state index in [1.165, 1.54) is 10.7 Å². The molecule has 6 heteroatoms. The van der Waals surface area contributed by atoms with E-state index in [4.69, 9.17) is 10.5 Å². The third-order valence-corrected chi connectivity index (χ3v) is 2.86. The van der Waals surface area contributed by atoms with Crippen molar-refractivity contribution in [2.45, 2.75) is 6.92 Å². The largest absolute Gasteiger partial charge is 0.462 e. The van der Waals surface area contributed by atoms with Crippen molar-refractivity contribution in [3.63, 3.8) is 0 Å². The van der Waals surface area contributed by atoms with E-state index in [0.717, 1.165) is 11.3 Å². The molecule has 3 rings (SSSR count). The molecule has 0 aromatic carbocycles. The van der Waals surface area contributed by atoms with Crippen molar-refractivity contribution in [2.24, 2.45) is 0 Å². The number of hydrogen-bond acceptors (Lipinski definition) is 5. The average molecular weight is 256 g/mol. The van der Waals surface area contributed by atoms with Crippen LogP contribution >= 0.6 is 0 Å². The third kappa shape index (κ3) is 1.77. The normalized spacial score (nSPS) is 13.2. The number of carbonyl (C=O) groups excluding carboxylic acids is 1. The molecule has 0 fully saturated rings. The first-order valence-electron chi connectivity index (χ1n) is 5.91. The maximum Gasteiger partial charge on any atom is 0.343 e. The second-order valence-corrected chi connectivity index (χ2v) is 4.06. The Labute approximate surface area is 109 Å². The van der Waals surface area contributed by atoms with Gasteiger partial charge < -0.3 is 10.5 Å². The van der Waals surface area contributed by atoms with E-state index >= 15 is 0 Å². The molecule has 2 heterocycles. The van der Waals surface area contributed by atoms with Crippen LogP contribution in [0.2, 0.25) is 0 Å². The Kier molecular flexibility index (Phi) is 2.56. The van der Waals surface area contributed by atoms with Gasteiger partial charge in [-0.1, -0.05) is 18.2 Å². The van der Waals surface area contributed by atoms with Crippen molar-refractivity contribution in [3.05, 3.63) is 41.7 Å². The number of esters is 1. The number of ether oxygens (including phenoxy) is 1. The van der Waals surface area contributed by atoms with Gasteiger partial charge in [-0.15, -0.1) is 0 Å². The molecule has 2 aromatic heterocycles. The van der Waals surface area contributed by atoms with Crippen LogP contribution in [0.4, 0.5) is 5.82 Å². The number of aromatic nitrogens is 3. The predicted octanol–water partition coefficient (Wildman–Crippen LogP) is 1.44. The highest BCUT2D eigenvalue weighted by Gasteiger charge is 2.17. The molecular formula is C13H12N4O2. The zero-order chi connectivity index (χ0) is 13.4. The molecule has 2 aromatic rings. The standard InChI is InChI=1S/C13H12N4O2/c1-2-19-13(18)9-7-15-11-6-10(8-4-3-5-8)16-17(11)12(9)14/h3-7H,2,14H2,1H3. The Balaban J connectivity index is 2.08. The third-order valence-electron chi connectivity index (χ3n) is 2.86. The summed E-state index contributed by atoms with van der Waals surface area (Å²) >= 11 is 0. The van der Waals surface area contributed by atoms with E-state index in [-0.39, 0.29) is 11.4 Å². The molecule has 0 radical (unpaired) electrons. The number of nitrogens with two attached hydrogens (primary N) is 1. The second-order valence-electron chi connectivity index (χ2n) is 4.06. The van der Waals surface area contributed by atoms with Crippen LogP contribution < -0.4 is 5.73 Å². The monoisotopic (exact) mass is 256 g/mol. The van der Waals surface area contributed by atoms with Crippen LogP contribution in [0.1, 0.15) is 23.0 Å². The van der Waals surface area contributed by atoms with Gasteiger partial charge >= 0.3 is 5.97 Å². The first kappa shape index (κ1) is 11.5. The summed E-state index contributed by atoms with van der Waals surface area (Å²) in [4.78, 5) is 15.9. The lowest BCUT2D eigenvalue weighted by Gasteiger charge is -2.06. The number of nitrogens with zero attached hydrogens (tertiary/aromatic N) is 3. The fourth-order valence-electron chi connectivity index (χ4n) is 1.82. The molecule has 19 heavy (non-hydrogen) atoms. The van der Waals surface area contributed by atoms with Crippen LogP contribution in [0.3, 0.4) is 0 Å². The van der Waals surface area contributed by atoms with Crippen LogP contribution in [-0.4, -0.2) is 27.2 Å². The maximum absolute atomic E-state index is 11.7. The maximum atomic E-state index is 11.7. The van der Waals surface area contributed by atoms with Crippen molar-refractivity contribution >= 4 is 23.0 Å². The van der Waals surface area contributed by atoms with Crippen molar-refractivity contribution in [1.29, 1.82) is 0 Å². The van der Waals surface area contributed by atoms with Crippen molar-refractivity contribution in [2.75, 3.05) is 12.3 Å². The lowest BCUT2D eigenvalue weighted by molar-refractivity contribution is 0.0526. The first-order valence-corrected chi connectivity index (χ1v) is 5.91. The second kappa shape index (κ2) is 4.24. The number of fused-ring (bicyclic) bond motifs is 1. The molecule has 0 amide bonds. The molecule has 0 spiro atoms. The van der Waals surface area contributed by atoms with E-state index in [1.807, 2.05) is 24.3 Å². The smallest absolute Gasteiger partial charge is 0.343 e. The quantitative estimate of drug-likeness (QED) is 0.840. The fraction of sp³-hybridized carbons (Fsp3) is 0.154. The van der Waals surface area contributed by atoms with Gasteiger partial charge in [-0.05, 0) is 6.92 Å². The van der Waals surface area contributed by atoms with Crippen LogP contribution in [0.25, 0.3) is 11.2 Å². The predicted molar refractivity (Wildman–Crippen MR) is 70.5 cm³/mol. The molecule has 2 N–H and O–H groups in total. The highest BCUT2D eigenvalue weighted by Crippen LogP contribution is 2.23. The zero-order valence-electron chi connectivity index (χ0n) is 10.3. The molecule has 0 saturated carbocycles. The molecule has 96 valence electrons. The highest BCUT2D eigenvalue weighted by molar-refractivity contribution is 5.94. The summed E-state index contributed by atoms with van der Waals surface area (Å²) in [5, 5.41) is 4.34. The summed E-state index contributed by atoms with van der Waals surface area (Å²) in [5.41, 5.74) is 8.56. The van der Waals surface area contributed by atoms with Gasteiger partial charge in [0, 0.05) is 17.8 Å². The van der Waals surface area contributed by atoms with E-state index in [1.54, 1.807) is 6.92 Å². The lowest BCUT2D eigenvalue weighted by atomic mass is 10.1. The van der Waals surface area contributed by atoms with Gasteiger partial charge in [0.05, 0.1) is 12.3 Å². The van der Waals surface area contributed by atoms with E-state index in [0.29, 0.717) is 12.3 Å². The van der Waals surface area contributed by atoms with Crippen LogP contribution in [0, 0.1) is 0 Å². The van der Waals surface area contributed by atoms with Gasteiger partial charge in [-0.3, -0.25) is 0 Å². The van der Waals surface area contributed by atoms with Crippen molar-refractivity contribution in [1.82, 2.24) is 14.6 Å². The number of carbonyl (C=O) groups is 1. The first-order chi connectivity index (χ1) is 9.20. The minimum atomic E-state index is -0.491. The molecule has 0 unspecified atom stereocenters. The van der Waals surface area contributed by atoms with Crippen LogP contribution in [0.15, 0.2) is 30.5 Å². The summed E-state index contributed by atoms with van der Waals surface area (Å²) < 4.78 is 6.37. The van der Waals surface area contributed by atoms with Crippen molar-refractivity contribution < 1.29 is 9.53 Å². The Bertz CT molecular complexity index is 728. The van der Waals surface area contributed by atoms with E-state index in [9.17, 15) is 4.79 Å². The lowest BCUT2D eigenvalue weighted by Crippen LogP contribution is -2.12. The van der Waals surface area contributed by atoms with E-state index in [2.05, 4.69) is 10.1 Å². The summed E-state index contributed by atoms with van der Waals surface area (Å²) in [6.45, 7) is 2.03.